The molecule has 0 spiro atoms. The zero-order valence-electron chi connectivity index (χ0n) is 6.55. The van der Waals surface area contributed by atoms with Gasteiger partial charge in [-0.25, -0.2) is 4.79 Å². The van der Waals surface area contributed by atoms with E-state index in [2.05, 4.69) is 23.3 Å². The Bertz CT molecular complexity index is 82.9. The van der Waals surface area contributed by atoms with E-state index in [1.54, 1.807) is 0 Å². The second kappa shape index (κ2) is 6.39. The van der Waals surface area contributed by atoms with Crippen molar-refractivity contribution in [2.45, 2.75) is 26.7 Å². The van der Waals surface area contributed by atoms with E-state index in [4.69, 9.17) is 0 Å². The molecule has 0 N–H and O–H groups in total. The molecule has 10 heavy (non-hydrogen) atoms. The van der Waals surface area contributed by atoms with Crippen molar-refractivity contribution in [3.63, 3.8) is 0 Å². The molecule has 0 aliphatic carbocycles. The molecule has 0 aromatic heterocycles. The van der Waals surface area contributed by atoms with Gasteiger partial charge in [0, 0.05) is 6.42 Å². The van der Waals surface area contributed by atoms with Crippen molar-refractivity contribution in [2.75, 3.05) is 13.2 Å². The SMILES string of the molecule is CCC.O=C1OCCCO1. The predicted octanol–water partition coefficient (Wildman–Crippen LogP) is 1.96. The Hall–Kier alpha value is -0.730. The van der Waals surface area contributed by atoms with Gasteiger partial charge in [-0.05, 0) is 0 Å². The first kappa shape index (κ1) is 9.27. The quantitative estimate of drug-likeness (QED) is 0.490. The van der Waals surface area contributed by atoms with Gasteiger partial charge >= 0.3 is 6.16 Å². The van der Waals surface area contributed by atoms with Crippen LogP contribution in [0.4, 0.5) is 4.79 Å². The summed E-state index contributed by atoms with van der Waals surface area (Å²) in [7, 11) is 0. The van der Waals surface area contributed by atoms with Gasteiger partial charge < -0.3 is 9.47 Å². The van der Waals surface area contributed by atoms with Crippen LogP contribution >= 0.6 is 0 Å². The van der Waals surface area contributed by atoms with Crippen molar-refractivity contribution in [1.29, 1.82) is 0 Å². The fourth-order valence-corrected chi connectivity index (χ4v) is 0.412. The highest BCUT2D eigenvalue weighted by molar-refractivity contribution is 5.60. The highest BCUT2D eigenvalue weighted by Gasteiger charge is 2.07. The summed E-state index contributed by atoms with van der Waals surface area (Å²) >= 11 is 0. The van der Waals surface area contributed by atoms with Gasteiger partial charge in [-0.3, -0.25) is 0 Å². The fourth-order valence-electron chi connectivity index (χ4n) is 0.412. The summed E-state index contributed by atoms with van der Waals surface area (Å²) < 4.78 is 8.83. The van der Waals surface area contributed by atoms with Crippen LogP contribution in [-0.4, -0.2) is 19.4 Å². The number of hydrogen-bond donors (Lipinski definition) is 0. The second-order valence-electron chi connectivity index (χ2n) is 2.01. The molecule has 1 aliphatic heterocycles. The summed E-state index contributed by atoms with van der Waals surface area (Å²) in [5, 5.41) is 0. The van der Waals surface area contributed by atoms with E-state index in [1.165, 1.54) is 6.42 Å². The molecule has 0 amide bonds. The first-order chi connectivity index (χ1) is 4.81. The zero-order chi connectivity index (χ0) is 7.82. The lowest BCUT2D eigenvalue weighted by Crippen LogP contribution is -2.16. The molecule has 0 radical (unpaired) electrons. The van der Waals surface area contributed by atoms with Crippen LogP contribution in [0.3, 0.4) is 0 Å². The Kier molecular flexibility index (Phi) is 5.92. The topological polar surface area (TPSA) is 35.5 Å². The molecule has 0 bridgehead atoms. The van der Waals surface area contributed by atoms with Crippen molar-refractivity contribution in [1.82, 2.24) is 0 Å². The highest BCUT2D eigenvalue weighted by atomic mass is 16.7. The number of hydrogen-bond acceptors (Lipinski definition) is 3. The fraction of sp³-hybridized carbons (Fsp3) is 0.857. The molecule has 60 valence electrons. The summed E-state index contributed by atoms with van der Waals surface area (Å²) in [6.07, 6.45) is 1.54. The standard InChI is InChI=1S/C4H6O3.C3H8/c5-4-6-2-1-3-7-4;1-3-2/h1-3H2;3H2,1-2H3. The average Bonchev–Trinajstić information content (AvgIpc) is 1.91. The molecule has 1 saturated heterocycles. The molecule has 0 saturated carbocycles. The highest BCUT2D eigenvalue weighted by Crippen LogP contribution is 1.95. The second-order valence-corrected chi connectivity index (χ2v) is 2.01. The Morgan fingerprint density at radius 1 is 1.30 bits per heavy atom. The van der Waals surface area contributed by atoms with Gasteiger partial charge in [0.15, 0.2) is 0 Å². The maximum absolute atomic E-state index is 10.0. The van der Waals surface area contributed by atoms with Crippen LogP contribution in [0.25, 0.3) is 0 Å². The lowest BCUT2D eigenvalue weighted by molar-refractivity contribution is 0.0192. The molecular formula is C7H14O3. The van der Waals surface area contributed by atoms with Crippen LogP contribution in [0.5, 0.6) is 0 Å². The minimum absolute atomic E-state index is 0.513. The molecule has 0 atom stereocenters. The van der Waals surface area contributed by atoms with E-state index >= 15 is 0 Å². The van der Waals surface area contributed by atoms with E-state index in [1.807, 2.05) is 0 Å². The van der Waals surface area contributed by atoms with Gasteiger partial charge in [-0.2, -0.15) is 0 Å². The average molecular weight is 146 g/mol. The van der Waals surface area contributed by atoms with Crippen molar-refractivity contribution in [3.8, 4) is 0 Å². The van der Waals surface area contributed by atoms with Gasteiger partial charge in [-0.1, -0.05) is 20.3 Å². The lowest BCUT2D eigenvalue weighted by atomic mass is 10.5. The van der Waals surface area contributed by atoms with Crippen LogP contribution < -0.4 is 0 Å². The number of ether oxygens (including phenoxy) is 2. The molecule has 0 aromatic carbocycles. The van der Waals surface area contributed by atoms with Gasteiger partial charge in [0.2, 0.25) is 0 Å². The predicted molar refractivity (Wildman–Crippen MR) is 37.9 cm³/mol. The minimum atomic E-state index is -0.536. The molecule has 0 aromatic rings. The van der Waals surface area contributed by atoms with E-state index in [0.29, 0.717) is 13.2 Å². The summed E-state index contributed by atoms with van der Waals surface area (Å²) in [5.74, 6) is 0. The van der Waals surface area contributed by atoms with Crippen LogP contribution in [0.1, 0.15) is 26.7 Å². The van der Waals surface area contributed by atoms with Crippen LogP contribution in [-0.2, 0) is 9.47 Å². The first-order valence-corrected chi connectivity index (χ1v) is 3.60. The van der Waals surface area contributed by atoms with E-state index < -0.39 is 6.16 Å². The normalized spacial score (nSPS) is 16.0. The summed E-state index contributed by atoms with van der Waals surface area (Å²) in [6, 6.07) is 0. The van der Waals surface area contributed by atoms with Crippen molar-refractivity contribution >= 4 is 6.16 Å². The molecule has 1 heterocycles. The van der Waals surface area contributed by atoms with Gasteiger partial charge in [0.25, 0.3) is 0 Å². The third-order valence-corrected chi connectivity index (χ3v) is 0.729. The van der Waals surface area contributed by atoms with Crippen LogP contribution in [0, 0.1) is 0 Å². The van der Waals surface area contributed by atoms with Crippen molar-refractivity contribution in [2.24, 2.45) is 0 Å². The van der Waals surface area contributed by atoms with Crippen LogP contribution in [0.2, 0.25) is 0 Å². The number of cyclic esters (lactones) is 2. The lowest BCUT2D eigenvalue weighted by Gasteiger charge is -2.09. The number of carbonyl (C=O) groups excluding carboxylic acids is 1. The largest absolute Gasteiger partial charge is 0.508 e. The maximum Gasteiger partial charge on any atom is 0.508 e. The molecule has 3 nitrogen and oxygen atoms in total. The first-order valence-electron chi connectivity index (χ1n) is 3.60. The van der Waals surface area contributed by atoms with Gasteiger partial charge in [0.1, 0.15) is 0 Å². The summed E-state index contributed by atoms with van der Waals surface area (Å²) in [5.41, 5.74) is 0. The van der Waals surface area contributed by atoms with E-state index in [0.717, 1.165) is 6.42 Å². The number of rotatable bonds is 0. The van der Waals surface area contributed by atoms with E-state index in [-0.39, 0.29) is 0 Å². The molecular weight excluding hydrogens is 132 g/mol. The van der Waals surface area contributed by atoms with Crippen molar-refractivity contribution < 1.29 is 14.3 Å². The van der Waals surface area contributed by atoms with E-state index in [9.17, 15) is 4.79 Å². The molecule has 1 fully saturated rings. The minimum Gasteiger partial charge on any atom is -0.434 e. The Labute approximate surface area is 61.3 Å². The molecule has 0 unspecified atom stereocenters. The van der Waals surface area contributed by atoms with Gasteiger partial charge in [0.05, 0.1) is 13.2 Å². The smallest absolute Gasteiger partial charge is 0.434 e. The van der Waals surface area contributed by atoms with Gasteiger partial charge in [-0.15, -0.1) is 0 Å². The monoisotopic (exact) mass is 146 g/mol. The Morgan fingerprint density at radius 2 is 1.70 bits per heavy atom. The molecule has 1 aliphatic rings. The van der Waals surface area contributed by atoms with Crippen LogP contribution in [0.15, 0.2) is 0 Å². The Balaban J connectivity index is 0.000000236. The summed E-state index contributed by atoms with van der Waals surface area (Å²) in [4.78, 5) is 10.0. The third-order valence-electron chi connectivity index (χ3n) is 0.729. The third kappa shape index (κ3) is 5.41. The maximum atomic E-state index is 10.0. The number of carbonyl (C=O) groups is 1. The Morgan fingerprint density at radius 3 is 1.90 bits per heavy atom. The summed E-state index contributed by atoms with van der Waals surface area (Å²) in [6.45, 7) is 5.28. The van der Waals surface area contributed by atoms with Crippen molar-refractivity contribution in [3.05, 3.63) is 0 Å². The molecule has 3 heteroatoms. The zero-order valence-corrected chi connectivity index (χ0v) is 6.55. The molecule has 1 rings (SSSR count).